The molecule has 0 aromatic rings. The Kier molecular flexibility index (Phi) is 4.11. The molecular weight excluding hydrogens is 194 g/mol. The van der Waals surface area contributed by atoms with E-state index < -0.39 is 11.5 Å². The third-order valence-corrected chi connectivity index (χ3v) is 3.45. The molecule has 2 N–H and O–H groups in total. The molecule has 1 aliphatic heterocycles. The maximum Gasteiger partial charge on any atom is 0.324 e. The molecular formula is C11H21NO3. The summed E-state index contributed by atoms with van der Waals surface area (Å²) in [6.07, 6.45) is 2.32. The molecule has 88 valence electrons. The van der Waals surface area contributed by atoms with Crippen LogP contribution in [0.1, 0.15) is 33.1 Å². The van der Waals surface area contributed by atoms with Crippen LogP contribution in [0.5, 0.6) is 0 Å². The maximum absolute atomic E-state index is 11.3. The number of hydrogen-bond donors (Lipinski definition) is 2. The quantitative estimate of drug-likeness (QED) is 0.716. The Morgan fingerprint density at radius 1 is 1.60 bits per heavy atom. The highest BCUT2D eigenvalue weighted by Crippen LogP contribution is 2.33. The number of hydrogen-bond acceptors (Lipinski definition) is 3. The second-order valence-electron chi connectivity index (χ2n) is 4.53. The normalized spacial score (nSPS) is 29.3. The molecule has 1 rings (SSSR count). The Labute approximate surface area is 90.9 Å². The minimum Gasteiger partial charge on any atom is -0.480 e. The van der Waals surface area contributed by atoms with E-state index in [0.717, 1.165) is 19.4 Å². The van der Waals surface area contributed by atoms with Crippen LogP contribution in [-0.4, -0.2) is 46.3 Å². The van der Waals surface area contributed by atoms with Gasteiger partial charge in [0.1, 0.15) is 5.54 Å². The molecule has 2 atom stereocenters. The largest absolute Gasteiger partial charge is 0.480 e. The van der Waals surface area contributed by atoms with Gasteiger partial charge in [-0.05, 0) is 31.7 Å². The van der Waals surface area contributed by atoms with Crippen molar-refractivity contribution in [2.24, 2.45) is 5.92 Å². The molecule has 15 heavy (non-hydrogen) atoms. The van der Waals surface area contributed by atoms with E-state index in [1.54, 1.807) is 0 Å². The second-order valence-corrected chi connectivity index (χ2v) is 4.53. The van der Waals surface area contributed by atoms with Gasteiger partial charge in [-0.3, -0.25) is 9.69 Å². The standard InChI is InChI=1S/C11H21NO3/c1-3-11(10(14)15)5-4-6-12(11)7-9(2)8-13/h9,13H,3-8H2,1-2H3,(H,14,15). The first-order valence-electron chi connectivity index (χ1n) is 5.66. The van der Waals surface area contributed by atoms with Gasteiger partial charge in [-0.1, -0.05) is 13.8 Å². The van der Waals surface area contributed by atoms with E-state index in [4.69, 9.17) is 5.11 Å². The van der Waals surface area contributed by atoms with Crippen LogP contribution in [-0.2, 0) is 4.79 Å². The van der Waals surface area contributed by atoms with Crippen LogP contribution in [0.3, 0.4) is 0 Å². The van der Waals surface area contributed by atoms with Crippen molar-refractivity contribution in [2.75, 3.05) is 19.7 Å². The molecule has 0 amide bonds. The third-order valence-electron chi connectivity index (χ3n) is 3.45. The van der Waals surface area contributed by atoms with E-state index in [0.29, 0.717) is 13.0 Å². The lowest BCUT2D eigenvalue weighted by molar-refractivity contribution is -0.150. The molecule has 1 saturated heterocycles. The van der Waals surface area contributed by atoms with Gasteiger partial charge in [0.25, 0.3) is 0 Å². The SMILES string of the molecule is CCC1(C(=O)O)CCCN1CC(C)CO. The summed E-state index contributed by atoms with van der Waals surface area (Å²) in [7, 11) is 0. The van der Waals surface area contributed by atoms with Crippen LogP contribution in [0.15, 0.2) is 0 Å². The van der Waals surface area contributed by atoms with E-state index in [-0.39, 0.29) is 12.5 Å². The molecule has 4 nitrogen and oxygen atoms in total. The summed E-state index contributed by atoms with van der Waals surface area (Å²) < 4.78 is 0. The first-order valence-corrected chi connectivity index (χ1v) is 5.66. The number of nitrogens with zero attached hydrogens (tertiary/aromatic N) is 1. The second kappa shape index (κ2) is 4.94. The summed E-state index contributed by atoms with van der Waals surface area (Å²) in [5.41, 5.74) is -0.677. The molecule has 0 aromatic heterocycles. The topological polar surface area (TPSA) is 60.8 Å². The zero-order valence-corrected chi connectivity index (χ0v) is 9.57. The summed E-state index contributed by atoms with van der Waals surface area (Å²) in [5.74, 6) is -0.569. The van der Waals surface area contributed by atoms with E-state index in [1.807, 2.05) is 18.7 Å². The van der Waals surface area contributed by atoms with Gasteiger partial charge >= 0.3 is 5.97 Å². The highest BCUT2D eigenvalue weighted by atomic mass is 16.4. The van der Waals surface area contributed by atoms with Crippen LogP contribution in [0, 0.1) is 5.92 Å². The van der Waals surface area contributed by atoms with Crippen LogP contribution < -0.4 is 0 Å². The number of carboxylic acids is 1. The van der Waals surface area contributed by atoms with Crippen LogP contribution >= 0.6 is 0 Å². The van der Waals surface area contributed by atoms with Crippen molar-refractivity contribution in [3.63, 3.8) is 0 Å². The number of aliphatic hydroxyl groups is 1. The van der Waals surface area contributed by atoms with Crippen molar-refractivity contribution < 1.29 is 15.0 Å². The lowest BCUT2D eigenvalue weighted by Gasteiger charge is -2.35. The molecule has 0 aliphatic carbocycles. The lowest BCUT2D eigenvalue weighted by atomic mass is 9.92. The summed E-state index contributed by atoms with van der Waals surface area (Å²) in [5, 5.41) is 18.3. The lowest BCUT2D eigenvalue weighted by Crippen LogP contribution is -2.51. The van der Waals surface area contributed by atoms with Gasteiger partial charge < -0.3 is 10.2 Å². The van der Waals surface area contributed by atoms with Gasteiger partial charge in [-0.15, -0.1) is 0 Å². The molecule has 0 saturated carbocycles. The Morgan fingerprint density at radius 3 is 2.73 bits per heavy atom. The van der Waals surface area contributed by atoms with Crippen molar-refractivity contribution >= 4 is 5.97 Å². The van der Waals surface area contributed by atoms with Gasteiger partial charge in [0.05, 0.1) is 0 Å². The van der Waals surface area contributed by atoms with Crippen molar-refractivity contribution in [3.05, 3.63) is 0 Å². The Balaban J connectivity index is 2.74. The fraction of sp³-hybridized carbons (Fsp3) is 0.909. The molecule has 0 aromatic carbocycles. The first kappa shape index (κ1) is 12.5. The molecule has 0 radical (unpaired) electrons. The fourth-order valence-electron chi connectivity index (χ4n) is 2.43. The van der Waals surface area contributed by atoms with Crippen LogP contribution in [0.2, 0.25) is 0 Å². The van der Waals surface area contributed by atoms with Crippen molar-refractivity contribution in [2.45, 2.75) is 38.6 Å². The van der Waals surface area contributed by atoms with Crippen molar-refractivity contribution in [1.82, 2.24) is 4.90 Å². The Bertz CT molecular complexity index is 232. The number of carbonyl (C=O) groups is 1. The van der Waals surface area contributed by atoms with Gasteiger partial charge in [0.15, 0.2) is 0 Å². The highest BCUT2D eigenvalue weighted by Gasteiger charge is 2.46. The Hall–Kier alpha value is -0.610. The highest BCUT2D eigenvalue weighted by molar-refractivity contribution is 5.79. The molecule has 2 unspecified atom stereocenters. The summed E-state index contributed by atoms with van der Waals surface area (Å²) >= 11 is 0. The summed E-state index contributed by atoms with van der Waals surface area (Å²) in [4.78, 5) is 13.4. The van der Waals surface area contributed by atoms with Crippen molar-refractivity contribution in [1.29, 1.82) is 0 Å². The predicted octanol–water partition coefficient (Wildman–Crippen LogP) is 0.944. The molecule has 0 bridgehead atoms. The fourth-order valence-corrected chi connectivity index (χ4v) is 2.43. The van der Waals surface area contributed by atoms with Gasteiger partial charge in [0.2, 0.25) is 0 Å². The van der Waals surface area contributed by atoms with E-state index in [2.05, 4.69) is 0 Å². The van der Waals surface area contributed by atoms with Crippen LogP contribution in [0.4, 0.5) is 0 Å². The van der Waals surface area contributed by atoms with E-state index >= 15 is 0 Å². The number of rotatable bonds is 5. The third kappa shape index (κ3) is 2.32. The zero-order valence-electron chi connectivity index (χ0n) is 9.57. The van der Waals surface area contributed by atoms with Gasteiger partial charge in [-0.25, -0.2) is 0 Å². The van der Waals surface area contributed by atoms with Gasteiger partial charge in [-0.2, -0.15) is 0 Å². The summed E-state index contributed by atoms with van der Waals surface area (Å²) in [6.45, 7) is 5.51. The monoisotopic (exact) mass is 215 g/mol. The number of carboxylic acid groups (broad SMARTS) is 1. The molecule has 1 heterocycles. The molecule has 0 spiro atoms. The smallest absolute Gasteiger partial charge is 0.324 e. The number of aliphatic hydroxyl groups excluding tert-OH is 1. The van der Waals surface area contributed by atoms with Crippen LogP contribution in [0.25, 0.3) is 0 Å². The van der Waals surface area contributed by atoms with Gasteiger partial charge in [0, 0.05) is 13.2 Å². The van der Waals surface area contributed by atoms with Crippen molar-refractivity contribution in [3.8, 4) is 0 Å². The number of likely N-dealkylation sites (tertiary alicyclic amines) is 1. The average Bonchev–Trinajstić information content (AvgIpc) is 2.61. The molecule has 1 aliphatic rings. The average molecular weight is 215 g/mol. The van der Waals surface area contributed by atoms with E-state index in [1.165, 1.54) is 0 Å². The minimum absolute atomic E-state index is 0.121. The molecule has 1 fully saturated rings. The van der Waals surface area contributed by atoms with E-state index in [9.17, 15) is 9.90 Å². The number of aliphatic carboxylic acids is 1. The first-order chi connectivity index (χ1) is 7.06. The Morgan fingerprint density at radius 2 is 2.27 bits per heavy atom. The minimum atomic E-state index is -0.715. The zero-order chi connectivity index (χ0) is 11.5. The maximum atomic E-state index is 11.3. The molecule has 4 heteroatoms. The predicted molar refractivity (Wildman–Crippen MR) is 57.7 cm³/mol. The summed E-state index contributed by atoms with van der Waals surface area (Å²) in [6, 6.07) is 0.